The molecule has 0 saturated carbocycles. The van der Waals surface area contributed by atoms with E-state index in [1.807, 2.05) is 0 Å². The standard InChI is InChI=1S/C19H25O9P/c1-6-24-19(22)18(29(23,25-7-2)26-8-3)12-15-9-10-16(27-13(4)20)17(11-15)28-14(5)21/h9-12H,6-8H2,1-5H3. The van der Waals surface area contributed by atoms with Crippen LogP contribution < -0.4 is 9.47 Å². The molecule has 0 N–H and O–H groups in total. The van der Waals surface area contributed by atoms with E-state index in [0.717, 1.165) is 0 Å². The zero-order valence-corrected chi connectivity index (χ0v) is 17.9. The lowest BCUT2D eigenvalue weighted by molar-refractivity contribution is -0.138. The second kappa shape index (κ2) is 11.5. The van der Waals surface area contributed by atoms with Gasteiger partial charge in [-0.15, -0.1) is 0 Å². The van der Waals surface area contributed by atoms with Crippen LogP contribution in [0.1, 0.15) is 40.2 Å². The van der Waals surface area contributed by atoms with Crippen LogP contribution in [-0.4, -0.2) is 37.7 Å². The highest BCUT2D eigenvalue weighted by Crippen LogP contribution is 2.57. The third kappa shape index (κ3) is 7.45. The minimum atomic E-state index is -3.96. The fourth-order valence-corrected chi connectivity index (χ4v) is 3.85. The van der Waals surface area contributed by atoms with Gasteiger partial charge in [0, 0.05) is 13.8 Å². The first kappa shape index (κ1) is 24.6. The molecule has 9 nitrogen and oxygen atoms in total. The summed E-state index contributed by atoms with van der Waals surface area (Å²) in [5, 5.41) is -0.308. The van der Waals surface area contributed by atoms with Crippen LogP contribution in [0.5, 0.6) is 11.5 Å². The Hall–Kier alpha value is -2.48. The van der Waals surface area contributed by atoms with E-state index in [0.29, 0.717) is 5.56 Å². The van der Waals surface area contributed by atoms with Crippen molar-refractivity contribution in [1.29, 1.82) is 0 Å². The molecule has 0 aliphatic heterocycles. The van der Waals surface area contributed by atoms with Gasteiger partial charge in [-0.1, -0.05) is 6.07 Å². The van der Waals surface area contributed by atoms with Crippen LogP contribution in [0, 0.1) is 0 Å². The molecule has 1 aromatic rings. The first-order chi connectivity index (χ1) is 13.7. The average Bonchev–Trinajstić information content (AvgIpc) is 2.61. The Kier molecular flexibility index (Phi) is 9.74. The molecule has 1 aromatic carbocycles. The van der Waals surface area contributed by atoms with E-state index in [9.17, 15) is 18.9 Å². The lowest BCUT2D eigenvalue weighted by Crippen LogP contribution is -2.11. The van der Waals surface area contributed by atoms with Gasteiger partial charge in [0.15, 0.2) is 11.5 Å². The van der Waals surface area contributed by atoms with Crippen LogP contribution in [0.15, 0.2) is 23.5 Å². The van der Waals surface area contributed by atoms with E-state index < -0.39 is 25.5 Å². The van der Waals surface area contributed by atoms with E-state index in [4.69, 9.17) is 23.3 Å². The van der Waals surface area contributed by atoms with Crippen LogP contribution in [0.2, 0.25) is 0 Å². The topological polar surface area (TPSA) is 114 Å². The van der Waals surface area contributed by atoms with Crippen molar-refractivity contribution < 1.29 is 42.2 Å². The fourth-order valence-electron chi connectivity index (χ4n) is 2.22. The highest BCUT2D eigenvalue weighted by molar-refractivity contribution is 7.60. The molecular weight excluding hydrogens is 403 g/mol. The van der Waals surface area contributed by atoms with Gasteiger partial charge in [-0.3, -0.25) is 14.2 Å². The fraction of sp³-hybridized carbons (Fsp3) is 0.421. The van der Waals surface area contributed by atoms with Crippen LogP contribution in [0.3, 0.4) is 0 Å². The normalized spacial score (nSPS) is 11.7. The predicted molar refractivity (Wildman–Crippen MR) is 105 cm³/mol. The largest absolute Gasteiger partial charge is 0.462 e. The van der Waals surface area contributed by atoms with Gasteiger partial charge in [-0.05, 0) is 44.5 Å². The van der Waals surface area contributed by atoms with Gasteiger partial charge >= 0.3 is 25.5 Å². The number of hydrogen-bond acceptors (Lipinski definition) is 9. The van der Waals surface area contributed by atoms with Gasteiger partial charge in [0.1, 0.15) is 5.31 Å². The molecule has 0 amide bonds. The van der Waals surface area contributed by atoms with Crippen molar-refractivity contribution in [2.45, 2.75) is 34.6 Å². The van der Waals surface area contributed by atoms with E-state index in [-0.39, 0.29) is 36.6 Å². The molecule has 1 rings (SSSR count). The lowest BCUT2D eigenvalue weighted by Gasteiger charge is -2.19. The van der Waals surface area contributed by atoms with Gasteiger partial charge < -0.3 is 23.3 Å². The maximum atomic E-state index is 13.1. The van der Waals surface area contributed by atoms with Crippen molar-refractivity contribution in [2.75, 3.05) is 19.8 Å². The Balaban J connectivity index is 3.53. The molecular formula is C19H25O9P. The molecule has 0 fully saturated rings. The monoisotopic (exact) mass is 428 g/mol. The van der Waals surface area contributed by atoms with Crippen molar-refractivity contribution in [1.82, 2.24) is 0 Å². The van der Waals surface area contributed by atoms with Gasteiger partial charge in [-0.2, -0.15) is 0 Å². The maximum absolute atomic E-state index is 13.1. The number of benzene rings is 1. The second-order valence-corrected chi connectivity index (χ2v) is 7.47. The van der Waals surface area contributed by atoms with E-state index in [1.165, 1.54) is 38.1 Å². The number of rotatable bonds is 10. The van der Waals surface area contributed by atoms with Crippen molar-refractivity contribution >= 4 is 31.6 Å². The summed E-state index contributed by atoms with van der Waals surface area (Å²) in [5.74, 6) is -2.14. The Morgan fingerprint density at radius 2 is 1.45 bits per heavy atom. The maximum Gasteiger partial charge on any atom is 0.368 e. The molecule has 0 unspecified atom stereocenters. The molecule has 29 heavy (non-hydrogen) atoms. The molecule has 0 aromatic heterocycles. The first-order valence-electron chi connectivity index (χ1n) is 8.96. The smallest absolute Gasteiger partial charge is 0.368 e. The number of carbonyl (C=O) groups is 3. The molecule has 0 atom stereocenters. The minimum absolute atomic E-state index is 0.0142. The number of carbonyl (C=O) groups excluding carboxylic acids is 3. The van der Waals surface area contributed by atoms with E-state index in [2.05, 4.69) is 0 Å². The van der Waals surface area contributed by atoms with Crippen molar-refractivity contribution in [3.8, 4) is 11.5 Å². The summed E-state index contributed by atoms with van der Waals surface area (Å²) >= 11 is 0. The van der Waals surface area contributed by atoms with Crippen molar-refractivity contribution in [3.63, 3.8) is 0 Å². The van der Waals surface area contributed by atoms with Crippen LogP contribution >= 0.6 is 7.60 Å². The Morgan fingerprint density at radius 3 is 1.93 bits per heavy atom. The summed E-state index contributed by atoms with van der Waals surface area (Å²) in [7, 11) is -3.96. The zero-order valence-electron chi connectivity index (χ0n) is 17.1. The molecule has 10 heteroatoms. The summed E-state index contributed by atoms with van der Waals surface area (Å²) in [4.78, 5) is 35.1. The highest BCUT2D eigenvalue weighted by Gasteiger charge is 2.36. The Bertz CT molecular complexity index is 819. The summed E-state index contributed by atoms with van der Waals surface area (Å²) in [6.07, 6.45) is 1.26. The molecule has 0 spiro atoms. The third-order valence-electron chi connectivity index (χ3n) is 3.16. The van der Waals surface area contributed by atoms with Gasteiger partial charge in [-0.25, -0.2) is 4.79 Å². The molecule has 0 bridgehead atoms. The number of hydrogen-bond donors (Lipinski definition) is 0. The molecule has 0 saturated heterocycles. The van der Waals surface area contributed by atoms with Crippen LogP contribution in [0.4, 0.5) is 0 Å². The van der Waals surface area contributed by atoms with Crippen molar-refractivity contribution in [2.24, 2.45) is 0 Å². The van der Waals surface area contributed by atoms with Gasteiger partial charge in [0.2, 0.25) is 0 Å². The van der Waals surface area contributed by atoms with E-state index >= 15 is 0 Å². The molecule has 0 aliphatic carbocycles. The molecule has 0 radical (unpaired) electrons. The van der Waals surface area contributed by atoms with E-state index in [1.54, 1.807) is 20.8 Å². The Labute approximate surface area is 169 Å². The number of esters is 3. The predicted octanol–water partition coefficient (Wildman–Crippen LogP) is 3.71. The summed E-state index contributed by atoms with van der Waals surface area (Å²) in [5.41, 5.74) is 0.319. The Morgan fingerprint density at radius 1 is 0.897 bits per heavy atom. The average molecular weight is 428 g/mol. The van der Waals surface area contributed by atoms with Gasteiger partial charge in [0.25, 0.3) is 0 Å². The lowest BCUT2D eigenvalue weighted by atomic mass is 10.2. The van der Waals surface area contributed by atoms with Crippen molar-refractivity contribution in [3.05, 3.63) is 29.1 Å². The zero-order chi connectivity index (χ0) is 22.0. The summed E-state index contributed by atoms with van der Waals surface area (Å²) in [6, 6.07) is 4.20. The molecule has 0 heterocycles. The van der Waals surface area contributed by atoms with Gasteiger partial charge in [0.05, 0.1) is 19.8 Å². The third-order valence-corrected chi connectivity index (χ3v) is 5.25. The molecule has 0 aliphatic rings. The number of ether oxygens (including phenoxy) is 3. The van der Waals surface area contributed by atoms with Crippen LogP contribution in [-0.2, 0) is 32.7 Å². The van der Waals surface area contributed by atoms with Crippen LogP contribution in [0.25, 0.3) is 6.08 Å². The SMILES string of the molecule is CCOC(=O)C(=Cc1ccc(OC(C)=O)c(OC(C)=O)c1)P(=O)(OCC)OCC. The summed E-state index contributed by atoms with van der Waals surface area (Å²) in [6.45, 7) is 7.35. The summed E-state index contributed by atoms with van der Waals surface area (Å²) < 4.78 is 38.7. The highest BCUT2D eigenvalue weighted by atomic mass is 31.2. The molecule has 160 valence electrons. The quantitative estimate of drug-likeness (QED) is 0.238. The second-order valence-electron chi connectivity index (χ2n) is 5.48. The first-order valence-corrected chi connectivity index (χ1v) is 10.5. The minimum Gasteiger partial charge on any atom is -0.462 e.